The summed E-state index contributed by atoms with van der Waals surface area (Å²) in [5.74, 6) is 0.544. The highest BCUT2D eigenvalue weighted by Gasteiger charge is 2.12. The number of hydrogen-bond donors (Lipinski definition) is 1. The molecule has 0 saturated carbocycles. The molecule has 0 fully saturated rings. The van der Waals surface area contributed by atoms with Crippen LogP contribution >= 0.6 is 0 Å². The number of anilines is 1. The van der Waals surface area contributed by atoms with E-state index in [0.29, 0.717) is 5.92 Å². The van der Waals surface area contributed by atoms with Crippen molar-refractivity contribution in [2.45, 2.75) is 39.0 Å². The Morgan fingerprint density at radius 2 is 2.19 bits per heavy atom. The summed E-state index contributed by atoms with van der Waals surface area (Å²) in [6, 6.07) is 5.84. The molecule has 0 bridgehead atoms. The lowest BCUT2D eigenvalue weighted by Crippen LogP contribution is -1.92. The van der Waals surface area contributed by atoms with Crippen molar-refractivity contribution in [1.29, 1.82) is 0 Å². The van der Waals surface area contributed by atoms with Crippen LogP contribution in [0.15, 0.2) is 28.9 Å². The van der Waals surface area contributed by atoms with Gasteiger partial charge < -0.3 is 10.2 Å². The Kier molecular flexibility index (Phi) is 3.18. The number of benzene rings is 1. The zero-order valence-electron chi connectivity index (χ0n) is 9.99. The van der Waals surface area contributed by atoms with Gasteiger partial charge in [-0.3, -0.25) is 0 Å². The summed E-state index contributed by atoms with van der Waals surface area (Å²) < 4.78 is 5.55. The Morgan fingerprint density at radius 1 is 1.38 bits per heavy atom. The molecule has 86 valence electrons. The van der Waals surface area contributed by atoms with Crippen molar-refractivity contribution in [3.63, 3.8) is 0 Å². The van der Waals surface area contributed by atoms with E-state index in [0.717, 1.165) is 11.3 Å². The Balaban J connectivity index is 2.33. The molecule has 1 aromatic carbocycles. The minimum Gasteiger partial charge on any atom is -0.464 e. The molecule has 2 heteroatoms. The quantitative estimate of drug-likeness (QED) is 0.775. The third kappa shape index (κ3) is 2.06. The van der Waals surface area contributed by atoms with E-state index in [1.54, 1.807) is 0 Å². The van der Waals surface area contributed by atoms with Gasteiger partial charge in [-0.15, -0.1) is 0 Å². The first-order valence-corrected chi connectivity index (χ1v) is 5.99. The molecule has 0 spiro atoms. The summed E-state index contributed by atoms with van der Waals surface area (Å²) in [4.78, 5) is 0. The largest absolute Gasteiger partial charge is 0.464 e. The van der Waals surface area contributed by atoms with Crippen LogP contribution in [-0.2, 0) is 0 Å². The van der Waals surface area contributed by atoms with Gasteiger partial charge in [0.15, 0.2) is 0 Å². The van der Waals surface area contributed by atoms with Gasteiger partial charge in [-0.2, -0.15) is 0 Å². The molecule has 1 aromatic heterocycles. The minimum atomic E-state index is 0.544. The van der Waals surface area contributed by atoms with Crippen LogP contribution in [0.3, 0.4) is 0 Å². The van der Waals surface area contributed by atoms with Gasteiger partial charge in [0, 0.05) is 16.6 Å². The highest BCUT2D eigenvalue weighted by atomic mass is 16.3. The second-order valence-electron chi connectivity index (χ2n) is 4.49. The highest BCUT2D eigenvalue weighted by molar-refractivity contribution is 5.84. The van der Waals surface area contributed by atoms with E-state index in [4.69, 9.17) is 10.2 Å². The van der Waals surface area contributed by atoms with E-state index in [2.05, 4.69) is 13.8 Å². The molecular weight excluding hydrogens is 198 g/mol. The van der Waals surface area contributed by atoms with E-state index in [1.165, 1.54) is 30.2 Å². The molecule has 1 atom stereocenters. The first-order valence-electron chi connectivity index (χ1n) is 5.99. The van der Waals surface area contributed by atoms with Crippen LogP contribution in [-0.4, -0.2) is 0 Å². The highest BCUT2D eigenvalue weighted by Crippen LogP contribution is 2.31. The molecule has 2 rings (SSSR count). The maximum atomic E-state index is 5.81. The van der Waals surface area contributed by atoms with Crippen LogP contribution in [0, 0.1) is 0 Å². The molecular formula is C14H19NO. The number of fused-ring (bicyclic) bond motifs is 1. The van der Waals surface area contributed by atoms with Gasteiger partial charge >= 0.3 is 0 Å². The number of unbranched alkanes of at least 4 members (excludes halogenated alkanes) is 1. The van der Waals surface area contributed by atoms with Gasteiger partial charge in [0.1, 0.15) is 5.58 Å². The van der Waals surface area contributed by atoms with Gasteiger partial charge in [0.25, 0.3) is 0 Å². The molecule has 1 unspecified atom stereocenters. The fourth-order valence-electron chi connectivity index (χ4n) is 2.11. The molecule has 0 amide bonds. The SMILES string of the molecule is CCCCC(C)c1coc2ccc(N)cc12. The summed E-state index contributed by atoms with van der Waals surface area (Å²) in [5.41, 5.74) is 8.84. The van der Waals surface area contributed by atoms with Crippen molar-refractivity contribution in [3.05, 3.63) is 30.0 Å². The molecule has 16 heavy (non-hydrogen) atoms. The molecule has 2 aromatic rings. The van der Waals surface area contributed by atoms with Crippen LogP contribution in [0.2, 0.25) is 0 Å². The number of rotatable bonds is 4. The van der Waals surface area contributed by atoms with Crippen molar-refractivity contribution in [2.24, 2.45) is 0 Å². The standard InChI is InChI=1S/C14H19NO/c1-3-4-5-10(2)13-9-16-14-7-6-11(15)8-12(13)14/h6-10H,3-5,15H2,1-2H3. The Labute approximate surface area is 96.4 Å². The molecule has 0 radical (unpaired) electrons. The average Bonchev–Trinajstić information content (AvgIpc) is 2.68. The molecule has 0 saturated heterocycles. The predicted molar refractivity (Wildman–Crippen MR) is 68.6 cm³/mol. The van der Waals surface area contributed by atoms with Gasteiger partial charge in [-0.25, -0.2) is 0 Å². The van der Waals surface area contributed by atoms with Crippen LogP contribution in [0.4, 0.5) is 5.69 Å². The monoisotopic (exact) mass is 217 g/mol. The summed E-state index contributed by atoms with van der Waals surface area (Å²) in [7, 11) is 0. The lowest BCUT2D eigenvalue weighted by atomic mass is 9.95. The van der Waals surface area contributed by atoms with Crippen molar-refractivity contribution in [3.8, 4) is 0 Å². The summed E-state index contributed by atoms with van der Waals surface area (Å²) in [6.07, 6.45) is 5.59. The van der Waals surface area contributed by atoms with E-state index in [1.807, 2.05) is 24.5 Å². The zero-order chi connectivity index (χ0) is 11.5. The molecule has 1 heterocycles. The summed E-state index contributed by atoms with van der Waals surface area (Å²) >= 11 is 0. The normalized spacial score (nSPS) is 13.1. The van der Waals surface area contributed by atoms with Crippen molar-refractivity contribution in [1.82, 2.24) is 0 Å². The average molecular weight is 217 g/mol. The lowest BCUT2D eigenvalue weighted by molar-refractivity contribution is 0.584. The van der Waals surface area contributed by atoms with Crippen LogP contribution in [0.1, 0.15) is 44.6 Å². The first-order chi connectivity index (χ1) is 7.72. The van der Waals surface area contributed by atoms with E-state index in [9.17, 15) is 0 Å². The third-order valence-electron chi connectivity index (χ3n) is 3.15. The van der Waals surface area contributed by atoms with Gasteiger partial charge in [0.2, 0.25) is 0 Å². The second kappa shape index (κ2) is 4.60. The van der Waals surface area contributed by atoms with E-state index in [-0.39, 0.29) is 0 Å². The smallest absolute Gasteiger partial charge is 0.134 e. The number of nitrogen functional groups attached to an aromatic ring is 1. The fourth-order valence-corrected chi connectivity index (χ4v) is 2.11. The number of nitrogens with two attached hydrogens (primary N) is 1. The molecule has 2 nitrogen and oxygen atoms in total. The lowest BCUT2D eigenvalue weighted by Gasteiger charge is -2.08. The summed E-state index contributed by atoms with van der Waals surface area (Å²) in [6.45, 7) is 4.47. The molecule has 0 aliphatic heterocycles. The van der Waals surface area contributed by atoms with Crippen molar-refractivity contribution in [2.75, 3.05) is 5.73 Å². The van der Waals surface area contributed by atoms with E-state index < -0.39 is 0 Å². The van der Waals surface area contributed by atoms with Crippen LogP contribution in [0.25, 0.3) is 11.0 Å². The second-order valence-corrected chi connectivity index (χ2v) is 4.49. The maximum Gasteiger partial charge on any atom is 0.134 e. The first kappa shape index (κ1) is 11.1. The Morgan fingerprint density at radius 3 is 2.94 bits per heavy atom. The maximum absolute atomic E-state index is 5.81. The Hall–Kier alpha value is -1.44. The Bertz CT molecular complexity index is 473. The topological polar surface area (TPSA) is 39.2 Å². The predicted octanol–water partition coefficient (Wildman–Crippen LogP) is 4.31. The van der Waals surface area contributed by atoms with Gasteiger partial charge in [-0.05, 0) is 30.5 Å². The van der Waals surface area contributed by atoms with Crippen LogP contribution in [0.5, 0.6) is 0 Å². The molecule has 2 N–H and O–H groups in total. The fraction of sp³-hybridized carbons (Fsp3) is 0.429. The summed E-state index contributed by atoms with van der Waals surface area (Å²) in [5, 5.41) is 1.17. The van der Waals surface area contributed by atoms with Gasteiger partial charge in [0.05, 0.1) is 6.26 Å². The van der Waals surface area contributed by atoms with Crippen LogP contribution < -0.4 is 5.73 Å². The van der Waals surface area contributed by atoms with Crippen molar-refractivity contribution >= 4 is 16.7 Å². The van der Waals surface area contributed by atoms with Gasteiger partial charge in [-0.1, -0.05) is 26.7 Å². The molecule has 0 aliphatic carbocycles. The third-order valence-corrected chi connectivity index (χ3v) is 3.15. The van der Waals surface area contributed by atoms with Crippen molar-refractivity contribution < 1.29 is 4.42 Å². The number of hydrogen-bond acceptors (Lipinski definition) is 2. The zero-order valence-corrected chi connectivity index (χ0v) is 9.99. The van der Waals surface area contributed by atoms with E-state index >= 15 is 0 Å². The molecule has 0 aliphatic rings. The number of furan rings is 1. The minimum absolute atomic E-state index is 0.544.